The number of amides is 1. The van der Waals surface area contributed by atoms with Gasteiger partial charge >= 0.3 is 5.91 Å². The Labute approximate surface area is 128 Å². The quantitative estimate of drug-likeness (QED) is 0.891. The predicted octanol–water partition coefficient (Wildman–Crippen LogP) is 2.35. The minimum atomic E-state index is -3.99. The maximum Gasteiger partial charge on any atom is 0.301 e. The number of carbonyl (C=O) groups is 1. The molecule has 1 aliphatic rings. The molecule has 1 aliphatic heterocycles. The first-order chi connectivity index (χ1) is 10.4. The normalized spacial score (nSPS) is 16.7. The number of aryl methyl sites for hydroxylation is 1. The Morgan fingerprint density at radius 1 is 0.864 bits per heavy atom. The predicted molar refractivity (Wildman–Crippen MR) is 83.2 cm³/mol. The standard InChI is InChI=1S/C16H13NO4S/c1-10-2-4-11(5-3-10)12-6-8-13(9-7-12)15-14(18)16(19)17-22(15,20)21/h2-9,18H,1H3,(H,17,19). The molecule has 0 aromatic heterocycles. The summed E-state index contributed by atoms with van der Waals surface area (Å²) in [6.07, 6.45) is 0. The Bertz CT molecular complexity index is 879. The van der Waals surface area contributed by atoms with Crippen LogP contribution in [-0.4, -0.2) is 19.4 Å². The average molecular weight is 315 g/mol. The molecule has 3 rings (SSSR count). The second kappa shape index (κ2) is 4.99. The summed E-state index contributed by atoms with van der Waals surface area (Å²) in [6.45, 7) is 2.00. The van der Waals surface area contributed by atoms with E-state index in [1.807, 2.05) is 31.2 Å². The number of aliphatic hydroxyl groups excluding tert-OH is 1. The molecule has 0 radical (unpaired) electrons. The van der Waals surface area contributed by atoms with Crippen LogP contribution in [0.3, 0.4) is 0 Å². The van der Waals surface area contributed by atoms with Gasteiger partial charge in [-0.05, 0) is 23.6 Å². The molecule has 0 atom stereocenters. The second-order valence-electron chi connectivity index (χ2n) is 5.06. The molecule has 2 aromatic rings. The van der Waals surface area contributed by atoms with Gasteiger partial charge in [-0.2, -0.15) is 0 Å². The lowest BCUT2D eigenvalue weighted by atomic mass is 10.0. The summed E-state index contributed by atoms with van der Waals surface area (Å²) in [7, 11) is -3.99. The first-order valence-corrected chi connectivity index (χ1v) is 8.05. The van der Waals surface area contributed by atoms with E-state index < -0.39 is 21.7 Å². The molecule has 112 valence electrons. The molecule has 22 heavy (non-hydrogen) atoms. The van der Waals surface area contributed by atoms with Crippen LogP contribution in [0.4, 0.5) is 0 Å². The molecular weight excluding hydrogens is 302 g/mol. The summed E-state index contributed by atoms with van der Waals surface area (Å²) in [5.74, 6) is -1.78. The highest BCUT2D eigenvalue weighted by atomic mass is 32.2. The molecule has 0 saturated heterocycles. The average Bonchev–Trinajstić information content (AvgIpc) is 2.68. The number of nitrogens with one attached hydrogen (secondary N) is 1. The maximum absolute atomic E-state index is 11.8. The molecule has 2 aromatic carbocycles. The zero-order valence-electron chi connectivity index (χ0n) is 11.7. The monoisotopic (exact) mass is 315 g/mol. The Morgan fingerprint density at radius 2 is 1.32 bits per heavy atom. The minimum absolute atomic E-state index is 0.270. The van der Waals surface area contributed by atoms with Gasteiger partial charge in [0.05, 0.1) is 0 Å². The van der Waals surface area contributed by atoms with Crippen LogP contribution >= 0.6 is 0 Å². The Kier molecular flexibility index (Phi) is 3.26. The fourth-order valence-electron chi connectivity index (χ4n) is 2.30. The summed E-state index contributed by atoms with van der Waals surface area (Å²) in [5.41, 5.74) is 3.33. The van der Waals surface area contributed by atoms with E-state index in [1.165, 1.54) is 0 Å². The third-order valence-electron chi connectivity index (χ3n) is 3.46. The number of rotatable bonds is 2. The van der Waals surface area contributed by atoms with Gasteiger partial charge < -0.3 is 5.11 Å². The summed E-state index contributed by atoms with van der Waals surface area (Å²) in [5, 5.41) is 9.65. The van der Waals surface area contributed by atoms with Crippen LogP contribution in [0.5, 0.6) is 0 Å². The van der Waals surface area contributed by atoms with Crippen molar-refractivity contribution < 1.29 is 18.3 Å². The van der Waals surface area contributed by atoms with E-state index in [-0.39, 0.29) is 10.5 Å². The first kappa shape index (κ1) is 14.3. The van der Waals surface area contributed by atoms with Crippen molar-refractivity contribution in [2.24, 2.45) is 0 Å². The molecule has 0 aliphatic carbocycles. The van der Waals surface area contributed by atoms with E-state index in [0.29, 0.717) is 0 Å². The second-order valence-corrected chi connectivity index (χ2v) is 6.67. The van der Waals surface area contributed by atoms with Crippen molar-refractivity contribution >= 4 is 20.8 Å². The highest BCUT2D eigenvalue weighted by Crippen LogP contribution is 2.30. The highest BCUT2D eigenvalue weighted by Gasteiger charge is 2.36. The fraction of sp³-hybridized carbons (Fsp3) is 0.0625. The van der Waals surface area contributed by atoms with E-state index in [2.05, 4.69) is 0 Å². The van der Waals surface area contributed by atoms with Crippen LogP contribution in [-0.2, 0) is 14.8 Å². The largest absolute Gasteiger partial charge is 0.502 e. The van der Waals surface area contributed by atoms with Crippen molar-refractivity contribution in [2.75, 3.05) is 0 Å². The fourth-order valence-corrected chi connectivity index (χ4v) is 3.54. The molecule has 0 spiro atoms. The molecule has 6 heteroatoms. The van der Waals surface area contributed by atoms with Crippen molar-refractivity contribution in [1.29, 1.82) is 0 Å². The van der Waals surface area contributed by atoms with Crippen molar-refractivity contribution in [1.82, 2.24) is 4.72 Å². The van der Waals surface area contributed by atoms with E-state index in [0.717, 1.165) is 16.7 Å². The molecule has 0 saturated carbocycles. The van der Waals surface area contributed by atoms with Crippen LogP contribution in [0.2, 0.25) is 0 Å². The van der Waals surface area contributed by atoms with Crippen LogP contribution in [0.25, 0.3) is 16.0 Å². The zero-order chi connectivity index (χ0) is 15.9. The van der Waals surface area contributed by atoms with Crippen molar-refractivity contribution in [2.45, 2.75) is 6.92 Å². The first-order valence-electron chi connectivity index (χ1n) is 6.56. The molecule has 1 heterocycles. The highest BCUT2D eigenvalue weighted by molar-refractivity contribution is 8.00. The SMILES string of the molecule is Cc1ccc(-c2ccc(C3=C(O)C(=O)NS3(=O)=O)cc2)cc1. The zero-order valence-corrected chi connectivity index (χ0v) is 12.5. The lowest BCUT2D eigenvalue weighted by Crippen LogP contribution is -2.23. The smallest absolute Gasteiger partial charge is 0.301 e. The van der Waals surface area contributed by atoms with Gasteiger partial charge in [-0.15, -0.1) is 0 Å². The van der Waals surface area contributed by atoms with Crippen molar-refractivity contribution in [3.63, 3.8) is 0 Å². The third-order valence-corrected chi connectivity index (χ3v) is 4.88. The van der Waals surface area contributed by atoms with Gasteiger partial charge in [0.25, 0.3) is 10.0 Å². The molecule has 0 fully saturated rings. The molecule has 0 unspecified atom stereocenters. The molecular formula is C16H13NO4S. The molecule has 2 N–H and O–H groups in total. The van der Waals surface area contributed by atoms with Crippen LogP contribution in [0, 0.1) is 6.92 Å². The van der Waals surface area contributed by atoms with Crippen LogP contribution in [0.15, 0.2) is 54.3 Å². The topological polar surface area (TPSA) is 83.5 Å². The molecule has 5 nitrogen and oxygen atoms in total. The molecule has 1 amide bonds. The van der Waals surface area contributed by atoms with Gasteiger partial charge in [-0.25, -0.2) is 13.1 Å². The third kappa shape index (κ3) is 2.37. The lowest BCUT2D eigenvalue weighted by molar-refractivity contribution is -0.117. The minimum Gasteiger partial charge on any atom is -0.502 e. The van der Waals surface area contributed by atoms with Crippen molar-refractivity contribution in [3.05, 3.63) is 65.4 Å². The van der Waals surface area contributed by atoms with Gasteiger partial charge in [0.1, 0.15) is 4.91 Å². The van der Waals surface area contributed by atoms with E-state index in [1.54, 1.807) is 29.0 Å². The van der Waals surface area contributed by atoms with E-state index in [9.17, 15) is 18.3 Å². The lowest BCUT2D eigenvalue weighted by Gasteiger charge is -2.05. The summed E-state index contributed by atoms with van der Waals surface area (Å²) in [6, 6.07) is 14.6. The summed E-state index contributed by atoms with van der Waals surface area (Å²) < 4.78 is 25.4. The van der Waals surface area contributed by atoms with Gasteiger partial charge in [0.15, 0.2) is 0 Å². The Balaban J connectivity index is 2.02. The van der Waals surface area contributed by atoms with Gasteiger partial charge in [0, 0.05) is 0 Å². The van der Waals surface area contributed by atoms with Crippen molar-refractivity contribution in [3.8, 4) is 11.1 Å². The van der Waals surface area contributed by atoms with Crippen LogP contribution in [0.1, 0.15) is 11.1 Å². The molecule has 0 bridgehead atoms. The number of benzene rings is 2. The number of aliphatic hydroxyl groups is 1. The summed E-state index contributed by atoms with van der Waals surface area (Å²) >= 11 is 0. The number of sulfonamides is 1. The van der Waals surface area contributed by atoms with Crippen LogP contribution < -0.4 is 4.72 Å². The maximum atomic E-state index is 11.8. The number of hydrogen-bond acceptors (Lipinski definition) is 4. The van der Waals surface area contributed by atoms with Gasteiger partial charge in [-0.1, -0.05) is 54.1 Å². The Hall–Kier alpha value is -2.60. The van der Waals surface area contributed by atoms with Gasteiger partial charge in [0.2, 0.25) is 5.76 Å². The number of carbonyl (C=O) groups excluding carboxylic acids is 1. The summed E-state index contributed by atoms with van der Waals surface area (Å²) in [4.78, 5) is 10.9. The van der Waals surface area contributed by atoms with E-state index >= 15 is 0 Å². The van der Waals surface area contributed by atoms with Gasteiger partial charge in [-0.3, -0.25) is 4.79 Å². The Morgan fingerprint density at radius 3 is 1.77 bits per heavy atom. The van der Waals surface area contributed by atoms with E-state index in [4.69, 9.17) is 0 Å². The number of hydrogen-bond donors (Lipinski definition) is 2.